The van der Waals surface area contributed by atoms with Gasteiger partial charge in [-0.2, -0.15) is 0 Å². The molecule has 0 bridgehead atoms. The van der Waals surface area contributed by atoms with E-state index in [1.807, 2.05) is 0 Å². The van der Waals surface area contributed by atoms with Gasteiger partial charge in [0.15, 0.2) is 0 Å². The summed E-state index contributed by atoms with van der Waals surface area (Å²) in [5.74, 6) is -7.63. The van der Waals surface area contributed by atoms with Gasteiger partial charge >= 0.3 is 35.8 Å². The average Bonchev–Trinajstić information content (AvgIpc) is 2.70. The third-order valence-electron chi connectivity index (χ3n) is 5.57. The number of hydrogen-bond donors (Lipinski definition) is 8. The molecule has 8 N–H and O–H groups in total. The van der Waals surface area contributed by atoms with Crippen LogP contribution < -0.4 is 10.6 Å². The smallest absolute Gasteiger partial charge is 0.317 e. The van der Waals surface area contributed by atoms with Gasteiger partial charge in [0.25, 0.3) is 0 Å². The summed E-state index contributed by atoms with van der Waals surface area (Å²) in [5, 5.41) is 61.8. The molecule has 204 valence electrons. The van der Waals surface area contributed by atoms with E-state index in [0.717, 1.165) is 0 Å². The molecule has 0 aromatic heterocycles. The van der Waals surface area contributed by atoms with Gasteiger partial charge in [-0.15, -0.1) is 0 Å². The van der Waals surface area contributed by atoms with Crippen LogP contribution in [0.1, 0.15) is 25.7 Å². The van der Waals surface area contributed by atoms with E-state index in [1.165, 1.54) is 9.80 Å². The van der Waals surface area contributed by atoms with Crippen molar-refractivity contribution < 1.29 is 59.4 Å². The van der Waals surface area contributed by atoms with Crippen molar-refractivity contribution in [2.75, 3.05) is 39.3 Å². The minimum atomic E-state index is -1.30. The number of carboxylic acid groups (broad SMARTS) is 6. The fourth-order valence-corrected chi connectivity index (χ4v) is 4.09. The highest BCUT2D eigenvalue weighted by atomic mass is 16.4. The third-order valence-corrected chi connectivity index (χ3v) is 5.57. The molecule has 0 spiro atoms. The van der Waals surface area contributed by atoms with Gasteiger partial charge in [-0.1, -0.05) is 0 Å². The van der Waals surface area contributed by atoms with Gasteiger partial charge in [0, 0.05) is 50.3 Å². The fraction of sp³-hybridized carbons (Fsp3) is 0.700. The Balaban J connectivity index is 3.46. The molecule has 0 aliphatic carbocycles. The monoisotopic (exact) mass is 520 g/mol. The van der Waals surface area contributed by atoms with Crippen molar-refractivity contribution in [3.63, 3.8) is 0 Å². The second kappa shape index (κ2) is 14.9. The van der Waals surface area contributed by atoms with Crippen molar-refractivity contribution in [3.05, 3.63) is 0 Å². The van der Waals surface area contributed by atoms with Gasteiger partial charge in [0.1, 0.15) is 0 Å². The Morgan fingerprint density at radius 1 is 0.528 bits per heavy atom. The number of carboxylic acids is 6. The Morgan fingerprint density at radius 3 is 1.08 bits per heavy atom. The van der Waals surface area contributed by atoms with Crippen LogP contribution in [0, 0.1) is 0 Å². The first-order valence-electron chi connectivity index (χ1n) is 11.0. The van der Waals surface area contributed by atoms with Crippen molar-refractivity contribution in [1.29, 1.82) is 0 Å². The molecular weight excluding hydrogens is 488 g/mol. The summed E-state index contributed by atoms with van der Waals surface area (Å²) in [6.45, 7) is -2.15. The van der Waals surface area contributed by atoms with E-state index in [1.54, 1.807) is 0 Å². The van der Waals surface area contributed by atoms with Crippen molar-refractivity contribution in [2.24, 2.45) is 0 Å². The maximum atomic E-state index is 11.5. The predicted molar refractivity (Wildman–Crippen MR) is 119 cm³/mol. The first kappa shape index (κ1) is 30.7. The van der Waals surface area contributed by atoms with Gasteiger partial charge in [0.05, 0.1) is 38.8 Å². The molecule has 1 saturated heterocycles. The van der Waals surface area contributed by atoms with Gasteiger partial charge < -0.3 is 41.3 Å². The lowest BCUT2D eigenvalue weighted by Gasteiger charge is -2.38. The summed E-state index contributed by atoms with van der Waals surface area (Å²) >= 11 is 0. The summed E-state index contributed by atoms with van der Waals surface area (Å²) in [6.07, 6.45) is -2.10. The van der Waals surface area contributed by atoms with Crippen LogP contribution in [0.25, 0.3) is 0 Å². The Morgan fingerprint density at radius 2 is 0.833 bits per heavy atom. The van der Waals surface area contributed by atoms with E-state index in [9.17, 15) is 59.4 Å². The van der Waals surface area contributed by atoms with Crippen LogP contribution >= 0.6 is 0 Å². The Labute approximate surface area is 205 Å². The summed E-state index contributed by atoms with van der Waals surface area (Å²) in [6, 6.07) is -3.82. The largest absolute Gasteiger partial charge is 0.481 e. The van der Waals surface area contributed by atoms with Crippen LogP contribution in [-0.4, -0.2) is 140 Å². The maximum absolute atomic E-state index is 11.5. The van der Waals surface area contributed by atoms with Crippen molar-refractivity contribution in [3.8, 4) is 0 Å². The number of rotatable bonds is 12. The molecule has 0 saturated carbocycles. The SMILES string of the molecule is O=C(O)C[C@H]1CN(CC(=O)O)[C@@H](CC(=O)O)CN[C@@H](CC(=O)O)CN(CC(=O)O)[C@@H](CC(=O)O)CN1. The molecule has 1 rings (SSSR count). The molecule has 1 fully saturated rings. The van der Waals surface area contributed by atoms with Crippen molar-refractivity contribution >= 4 is 35.8 Å². The first-order chi connectivity index (χ1) is 16.8. The van der Waals surface area contributed by atoms with E-state index in [4.69, 9.17) is 0 Å². The topological polar surface area (TPSA) is 254 Å². The van der Waals surface area contributed by atoms with Crippen LogP contribution in [-0.2, 0) is 28.8 Å². The summed E-state index contributed by atoms with van der Waals surface area (Å²) in [5.41, 5.74) is 0. The van der Waals surface area contributed by atoms with E-state index in [-0.39, 0.29) is 26.2 Å². The minimum Gasteiger partial charge on any atom is -0.481 e. The molecular formula is C20H32N4O12. The molecule has 16 heteroatoms. The first-order valence-corrected chi connectivity index (χ1v) is 11.0. The molecule has 1 heterocycles. The lowest BCUT2D eigenvalue weighted by molar-refractivity contribution is -0.143. The van der Waals surface area contributed by atoms with Crippen LogP contribution in [0.15, 0.2) is 0 Å². The molecule has 0 unspecified atom stereocenters. The van der Waals surface area contributed by atoms with Crippen molar-refractivity contribution in [2.45, 2.75) is 49.9 Å². The number of aliphatic carboxylic acids is 6. The maximum Gasteiger partial charge on any atom is 0.317 e. The molecule has 36 heavy (non-hydrogen) atoms. The molecule has 0 aromatic carbocycles. The predicted octanol–water partition coefficient (Wildman–Crippen LogP) is -2.67. The number of nitrogens with one attached hydrogen (secondary N) is 2. The lowest BCUT2D eigenvalue weighted by atomic mass is 10.0. The minimum absolute atomic E-state index is 0.207. The average molecular weight is 520 g/mol. The van der Waals surface area contributed by atoms with Crippen LogP contribution in [0.5, 0.6) is 0 Å². The second-order valence-corrected chi connectivity index (χ2v) is 8.56. The molecule has 1 aliphatic heterocycles. The third kappa shape index (κ3) is 12.4. The molecule has 16 nitrogen and oxygen atoms in total. The number of hydrogen-bond acceptors (Lipinski definition) is 10. The molecule has 4 atom stereocenters. The van der Waals surface area contributed by atoms with E-state index in [2.05, 4.69) is 10.6 Å². The quantitative estimate of drug-likeness (QED) is 0.130. The van der Waals surface area contributed by atoms with E-state index >= 15 is 0 Å². The zero-order valence-electron chi connectivity index (χ0n) is 19.4. The molecule has 0 radical (unpaired) electrons. The van der Waals surface area contributed by atoms with E-state index in [0.29, 0.717) is 0 Å². The van der Waals surface area contributed by atoms with Crippen LogP contribution in [0.2, 0.25) is 0 Å². The molecule has 0 aromatic rings. The lowest BCUT2D eigenvalue weighted by Crippen LogP contribution is -2.58. The zero-order chi connectivity index (χ0) is 27.4. The van der Waals surface area contributed by atoms with Crippen molar-refractivity contribution in [1.82, 2.24) is 20.4 Å². The highest BCUT2D eigenvalue weighted by Gasteiger charge is 2.32. The molecule has 1 aliphatic rings. The molecule has 0 amide bonds. The Bertz CT molecular complexity index is 757. The number of carbonyl (C=O) groups is 6. The van der Waals surface area contributed by atoms with Crippen LogP contribution in [0.3, 0.4) is 0 Å². The van der Waals surface area contributed by atoms with E-state index < -0.39 is 98.8 Å². The standard InChI is InChI=1S/C20H32N4O12/c25-15(26)1-11-7-23(9-19(33)34)14(4-18(31)32)6-22-12(2-16(27)28)8-24(10-20(35)36)13(5-21-11)3-17(29)30/h11-14,21-22H,1-10H2,(H,25,26)(H,27,28)(H,29,30)(H,31,32)(H,33,34)(H,35,36)/t11-,12-,13-,14-/m0/s1. The van der Waals surface area contributed by atoms with Gasteiger partial charge in [-0.05, 0) is 0 Å². The highest BCUT2D eigenvalue weighted by Crippen LogP contribution is 2.13. The fourth-order valence-electron chi connectivity index (χ4n) is 4.09. The number of nitrogens with zero attached hydrogens (tertiary/aromatic N) is 2. The van der Waals surface area contributed by atoms with Gasteiger partial charge in [0.2, 0.25) is 0 Å². The normalized spacial score (nSPS) is 24.7. The highest BCUT2D eigenvalue weighted by molar-refractivity contribution is 5.71. The zero-order valence-corrected chi connectivity index (χ0v) is 19.4. The van der Waals surface area contributed by atoms with Gasteiger partial charge in [-0.25, -0.2) is 0 Å². The summed E-state index contributed by atoms with van der Waals surface area (Å²) in [7, 11) is 0. The second-order valence-electron chi connectivity index (χ2n) is 8.56. The Kier molecular flexibility index (Phi) is 12.7. The summed E-state index contributed by atoms with van der Waals surface area (Å²) < 4.78 is 0. The summed E-state index contributed by atoms with van der Waals surface area (Å²) in [4.78, 5) is 71.3. The van der Waals surface area contributed by atoms with Crippen LogP contribution in [0.4, 0.5) is 0 Å². The Hall–Kier alpha value is -3.34. The van der Waals surface area contributed by atoms with Gasteiger partial charge in [-0.3, -0.25) is 38.6 Å².